The molecule has 0 nitrogen and oxygen atoms in total. The molecular formula is C12H19BrClZn. The van der Waals surface area contributed by atoms with Crippen LogP contribution in [0.4, 0.5) is 0 Å². The zero-order chi connectivity index (χ0) is 10.8. The van der Waals surface area contributed by atoms with E-state index in [0.717, 1.165) is 10.6 Å². The van der Waals surface area contributed by atoms with Gasteiger partial charge in [-0.25, -0.2) is 0 Å². The molecule has 0 aliphatic carbocycles. The second kappa shape index (κ2) is 12.7. The van der Waals surface area contributed by atoms with Crippen molar-refractivity contribution >= 4 is 28.6 Å². The van der Waals surface area contributed by atoms with Crippen molar-refractivity contribution in [2.45, 2.75) is 38.1 Å². The zero-order valence-corrected chi connectivity index (χ0v) is 15.1. The predicted molar refractivity (Wildman–Crippen MR) is 70.8 cm³/mol. The van der Waals surface area contributed by atoms with E-state index < -0.39 is 0 Å². The van der Waals surface area contributed by atoms with E-state index in [1.165, 1.54) is 42.6 Å². The van der Waals surface area contributed by atoms with Gasteiger partial charge in [0.15, 0.2) is 0 Å². The van der Waals surface area contributed by atoms with Crippen molar-refractivity contribution in [1.29, 1.82) is 0 Å². The van der Waals surface area contributed by atoms with Crippen LogP contribution in [0.1, 0.15) is 31.7 Å². The van der Waals surface area contributed by atoms with E-state index in [-0.39, 0.29) is 17.0 Å². The van der Waals surface area contributed by atoms with Crippen molar-refractivity contribution in [1.82, 2.24) is 0 Å². The Morgan fingerprint density at radius 3 is 2.07 bits per heavy atom. The first-order valence-electron chi connectivity index (χ1n) is 5.22. The van der Waals surface area contributed by atoms with E-state index in [9.17, 15) is 0 Å². The molecule has 0 atom stereocenters. The Bertz CT molecular complexity index is 216. The quantitative estimate of drug-likeness (QED) is 0.511. The van der Waals surface area contributed by atoms with Crippen LogP contribution in [0.2, 0.25) is 10.0 Å². The Labute approximate surface area is 119 Å². The topological polar surface area (TPSA) is 0 Å². The van der Waals surface area contributed by atoms with Gasteiger partial charge >= 0.3 is 49.5 Å². The van der Waals surface area contributed by atoms with Gasteiger partial charge in [0, 0.05) is 5.02 Å². The molecule has 15 heavy (non-hydrogen) atoms. The van der Waals surface area contributed by atoms with Crippen molar-refractivity contribution in [2.24, 2.45) is 0 Å². The van der Waals surface area contributed by atoms with Crippen LogP contribution in [0.25, 0.3) is 0 Å². The molecule has 1 rings (SSSR count). The van der Waals surface area contributed by atoms with Gasteiger partial charge in [-0.3, -0.25) is 0 Å². The van der Waals surface area contributed by atoms with Gasteiger partial charge in [-0.15, -0.1) is 17.0 Å². The monoisotopic (exact) mass is 341 g/mol. The molecule has 0 N–H and O–H groups in total. The van der Waals surface area contributed by atoms with E-state index in [2.05, 4.69) is 6.92 Å². The number of unbranched alkanes of at least 4 members (excludes halogenated alkanes) is 2. The van der Waals surface area contributed by atoms with Crippen LogP contribution in [0.15, 0.2) is 24.3 Å². The zero-order valence-electron chi connectivity index (χ0n) is 9.63. The molecule has 0 aliphatic rings. The second-order valence-corrected chi connectivity index (χ2v) is 5.20. The van der Waals surface area contributed by atoms with Crippen LogP contribution < -0.4 is 0 Å². The Kier molecular flexibility index (Phi) is 15.2. The molecule has 3 heteroatoms. The number of hydrogen-bond acceptors (Lipinski definition) is 0. The van der Waals surface area contributed by atoms with Crippen molar-refractivity contribution in [3.8, 4) is 0 Å². The summed E-state index contributed by atoms with van der Waals surface area (Å²) in [7, 11) is 0. The summed E-state index contributed by atoms with van der Waals surface area (Å²) in [5.41, 5.74) is 1.13. The normalized spacial score (nSPS) is 8.60. The molecule has 0 aromatic heterocycles. The van der Waals surface area contributed by atoms with Gasteiger partial charge in [-0.2, -0.15) is 0 Å². The molecule has 83 valence electrons. The SMILES string of the molecule is Br.CCCC[CH2][Zn].Cc1ccccc1Cl. The van der Waals surface area contributed by atoms with Crippen molar-refractivity contribution in [2.75, 3.05) is 0 Å². The fraction of sp³-hybridized carbons (Fsp3) is 0.500. The molecule has 0 bridgehead atoms. The number of halogens is 2. The fourth-order valence-corrected chi connectivity index (χ4v) is 1.86. The first kappa shape index (κ1) is 18.0. The summed E-state index contributed by atoms with van der Waals surface area (Å²) in [6, 6.07) is 7.77. The summed E-state index contributed by atoms with van der Waals surface area (Å²) in [6.45, 7) is 4.23. The third kappa shape index (κ3) is 10.9. The minimum Gasteiger partial charge on any atom is -0.0841 e. The van der Waals surface area contributed by atoms with Crippen LogP contribution in [0, 0.1) is 6.92 Å². The van der Waals surface area contributed by atoms with Crippen molar-refractivity contribution < 1.29 is 18.3 Å². The van der Waals surface area contributed by atoms with E-state index in [4.69, 9.17) is 11.6 Å². The van der Waals surface area contributed by atoms with Crippen molar-refractivity contribution in [3.63, 3.8) is 0 Å². The molecular weight excluding hydrogens is 325 g/mol. The summed E-state index contributed by atoms with van der Waals surface area (Å²) in [5, 5.41) is 2.32. The minimum absolute atomic E-state index is 0. The van der Waals surface area contributed by atoms with Crippen LogP contribution in [0.5, 0.6) is 0 Å². The van der Waals surface area contributed by atoms with Gasteiger partial charge in [0.25, 0.3) is 0 Å². The van der Waals surface area contributed by atoms with Crippen LogP contribution in [0.3, 0.4) is 0 Å². The van der Waals surface area contributed by atoms with E-state index >= 15 is 0 Å². The molecule has 0 fully saturated rings. The molecule has 0 heterocycles. The van der Waals surface area contributed by atoms with Crippen LogP contribution in [-0.4, -0.2) is 0 Å². The van der Waals surface area contributed by atoms with Crippen LogP contribution in [-0.2, 0) is 18.3 Å². The maximum atomic E-state index is 5.71. The van der Waals surface area contributed by atoms with E-state index in [0.29, 0.717) is 0 Å². The van der Waals surface area contributed by atoms with Gasteiger partial charge in [0.1, 0.15) is 0 Å². The van der Waals surface area contributed by atoms with Crippen molar-refractivity contribution in [3.05, 3.63) is 34.9 Å². The Hall–Kier alpha value is 0.613. The number of aryl methyl sites for hydroxylation is 1. The molecule has 0 amide bonds. The molecule has 0 unspecified atom stereocenters. The van der Waals surface area contributed by atoms with Gasteiger partial charge in [-0.05, 0) is 18.6 Å². The third-order valence-corrected chi connectivity index (χ3v) is 3.40. The van der Waals surface area contributed by atoms with Gasteiger partial charge in [0.2, 0.25) is 0 Å². The van der Waals surface area contributed by atoms with Gasteiger partial charge in [-0.1, -0.05) is 29.8 Å². The van der Waals surface area contributed by atoms with Gasteiger partial charge < -0.3 is 0 Å². The Morgan fingerprint density at radius 2 is 1.80 bits per heavy atom. The van der Waals surface area contributed by atoms with Crippen LogP contribution >= 0.6 is 28.6 Å². The second-order valence-electron chi connectivity index (χ2n) is 3.31. The largest absolute Gasteiger partial charge is 0.0841 e. The maximum absolute atomic E-state index is 5.71. The van der Waals surface area contributed by atoms with Gasteiger partial charge in [0.05, 0.1) is 0 Å². The first-order valence-corrected chi connectivity index (χ1v) is 7.70. The molecule has 0 saturated carbocycles. The summed E-state index contributed by atoms with van der Waals surface area (Å²) >= 11 is 7.19. The molecule has 0 radical (unpaired) electrons. The van der Waals surface area contributed by atoms with E-state index in [1.807, 2.05) is 31.2 Å². The predicted octanol–water partition coefficient (Wildman–Crippen LogP) is 5.37. The average Bonchev–Trinajstić information content (AvgIpc) is 2.20. The molecule has 0 aliphatic heterocycles. The summed E-state index contributed by atoms with van der Waals surface area (Å²) in [6.07, 6.45) is 4.29. The fourth-order valence-electron chi connectivity index (χ4n) is 0.978. The number of benzene rings is 1. The molecule has 1 aromatic rings. The summed E-state index contributed by atoms with van der Waals surface area (Å²) < 4.78 is 0. The average molecular weight is 344 g/mol. The number of hydrogen-bond donors (Lipinski definition) is 0. The number of rotatable bonds is 3. The Balaban J connectivity index is 0. The molecule has 1 aromatic carbocycles. The third-order valence-electron chi connectivity index (χ3n) is 1.93. The van der Waals surface area contributed by atoms with E-state index in [1.54, 1.807) is 0 Å². The summed E-state index contributed by atoms with van der Waals surface area (Å²) in [5.74, 6) is 0. The molecule has 0 spiro atoms. The minimum atomic E-state index is 0. The standard InChI is InChI=1S/C7H7Cl.C5H11.BrH.Zn/c1-6-4-2-3-5-7(6)8;1-3-5-4-2;;/h2-5H,1H3;1,3-5H2,2H3;1H;. The smallest absolute Gasteiger partial charge is 0.0435 e. The maximum Gasteiger partial charge on any atom is 0.0435 e. The first-order chi connectivity index (χ1) is 6.72. The molecule has 0 saturated heterocycles. The Morgan fingerprint density at radius 1 is 1.20 bits per heavy atom. The summed E-state index contributed by atoms with van der Waals surface area (Å²) in [4.78, 5) is 0.